The molecule has 1 nitrogen and oxygen atoms in total. The van der Waals surface area contributed by atoms with Crippen LogP contribution in [-0.2, 0) is 12.8 Å². The molecule has 17 heavy (non-hydrogen) atoms. The Balaban J connectivity index is 2.07. The van der Waals surface area contributed by atoms with Crippen molar-refractivity contribution in [2.45, 2.75) is 25.9 Å². The van der Waals surface area contributed by atoms with E-state index in [9.17, 15) is 5.11 Å². The van der Waals surface area contributed by atoms with Crippen LogP contribution in [0.4, 0.5) is 0 Å². The van der Waals surface area contributed by atoms with Crippen LogP contribution in [0.25, 0.3) is 0 Å². The molecule has 0 saturated heterocycles. The molecule has 1 N–H and O–H groups in total. The fraction of sp³-hybridized carbons (Fsp3) is 0.286. The molecular weight excluding hydrogens is 296 g/mol. The van der Waals surface area contributed by atoms with Crippen LogP contribution in [0.5, 0.6) is 0 Å². The van der Waals surface area contributed by atoms with Crippen molar-refractivity contribution in [2.24, 2.45) is 0 Å². The second kappa shape index (κ2) is 5.80. The van der Waals surface area contributed by atoms with Crippen molar-refractivity contribution >= 4 is 27.3 Å². The number of aliphatic hydroxyl groups excluding tert-OH is 1. The molecule has 0 spiro atoms. The normalized spacial score (nSPS) is 12.6. The predicted octanol–water partition coefficient (Wildman–Crippen LogP) is 4.35. The van der Waals surface area contributed by atoms with Gasteiger partial charge in [-0.15, -0.1) is 11.3 Å². The highest BCUT2D eigenvalue weighted by Crippen LogP contribution is 2.30. The molecule has 0 saturated carbocycles. The lowest BCUT2D eigenvalue weighted by Crippen LogP contribution is -2.00. The van der Waals surface area contributed by atoms with Crippen LogP contribution in [0.1, 0.15) is 29.0 Å². The Morgan fingerprint density at radius 2 is 1.82 bits per heavy atom. The van der Waals surface area contributed by atoms with E-state index in [-0.39, 0.29) is 0 Å². The summed E-state index contributed by atoms with van der Waals surface area (Å²) in [7, 11) is 0. The molecule has 1 aromatic carbocycles. The minimum Gasteiger partial charge on any atom is -0.387 e. The minimum atomic E-state index is -0.420. The Hall–Kier alpha value is -0.640. The van der Waals surface area contributed by atoms with E-state index < -0.39 is 6.10 Å². The van der Waals surface area contributed by atoms with E-state index in [1.54, 1.807) is 11.3 Å². The Kier molecular flexibility index (Phi) is 4.37. The molecule has 0 aliphatic rings. The van der Waals surface area contributed by atoms with Gasteiger partial charge in [0.25, 0.3) is 0 Å². The summed E-state index contributed by atoms with van der Waals surface area (Å²) in [6.07, 6.45) is 1.31. The molecule has 0 radical (unpaired) electrons. The van der Waals surface area contributed by atoms with Crippen LogP contribution in [-0.4, -0.2) is 5.11 Å². The summed E-state index contributed by atoms with van der Waals surface area (Å²) >= 11 is 5.04. The van der Waals surface area contributed by atoms with Gasteiger partial charge in [0.2, 0.25) is 0 Å². The Morgan fingerprint density at radius 3 is 2.35 bits per heavy atom. The number of thiophene rings is 1. The average Bonchev–Trinajstić information content (AvgIpc) is 2.76. The predicted molar refractivity (Wildman–Crippen MR) is 76.5 cm³/mol. The summed E-state index contributed by atoms with van der Waals surface area (Å²) in [5.74, 6) is 0. The van der Waals surface area contributed by atoms with Gasteiger partial charge >= 0.3 is 0 Å². The highest BCUT2D eigenvalue weighted by molar-refractivity contribution is 9.10. The first-order chi connectivity index (χ1) is 8.20. The molecule has 0 amide bonds. The largest absolute Gasteiger partial charge is 0.387 e. The van der Waals surface area contributed by atoms with Gasteiger partial charge in [-0.05, 0) is 44.9 Å². The second-order valence-corrected chi connectivity index (χ2v) is 5.82. The molecule has 3 heteroatoms. The molecular formula is C14H15BrOS. The molecule has 2 rings (SSSR count). The highest BCUT2D eigenvalue weighted by atomic mass is 79.9. The van der Waals surface area contributed by atoms with Crippen molar-refractivity contribution in [3.63, 3.8) is 0 Å². The van der Waals surface area contributed by atoms with E-state index in [4.69, 9.17) is 0 Å². The van der Waals surface area contributed by atoms with Crippen LogP contribution >= 0.6 is 27.3 Å². The maximum absolute atomic E-state index is 10.2. The number of aryl methyl sites for hydroxylation is 1. The monoisotopic (exact) mass is 310 g/mol. The number of hydrogen-bond acceptors (Lipinski definition) is 2. The zero-order valence-corrected chi connectivity index (χ0v) is 12.1. The van der Waals surface area contributed by atoms with Crippen LogP contribution in [0, 0.1) is 0 Å². The second-order valence-electron chi connectivity index (χ2n) is 4.02. The number of rotatable bonds is 4. The first-order valence-corrected chi connectivity index (χ1v) is 7.36. The van der Waals surface area contributed by atoms with E-state index in [0.717, 1.165) is 15.8 Å². The summed E-state index contributed by atoms with van der Waals surface area (Å²) in [5, 5.41) is 12.1. The lowest BCUT2D eigenvalue weighted by Gasteiger charge is -2.10. The van der Waals surface area contributed by atoms with E-state index in [1.165, 1.54) is 11.1 Å². The third-order valence-corrected chi connectivity index (χ3v) is 4.78. The van der Waals surface area contributed by atoms with Gasteiger partial charge in [-0.25, -0.2) is 0 Å². The lowest BCUT2D eigenvalue weighted by molar-refractivity contribution is 0.181. The van der Waals surface area contributed by atoms with Crippen molar-refractivity contribution < 1.29 is 5.11 Å². The quantitative estimate of drug-likeness (QED) is 0.890. The van der Waals surface area contributed by atoms with E-state index in [1.807, 2.05) is 11.4 Å². The molecule has 0 aliphatic heterocycles. The number of hydrogen-bond donors (Lipinski definition) is 1. The van der Waals surface area contributed by atoms with Crippen molar-refractivity contribution in [3.05, 3.63) is 56.2 Å². The van der Waals surface area contributed by atoms with Crippen molar-refractivity contribution in [1.29, 1.82) is 0 Å². The maximum atomic E-state index is 10.2. The lowest BCUT2D eigenvalue weighted by atomic mass is 10.0. The first kappa shape index (κ1) is 12.8. The molecule has 0 aliphatic carbocycles. The van der Waals surface area contributed by atoms with Gasteiger partial charge in [0.1, 0.15) is 0 Å². The smallest absolute Gasteiger partial charge is 0.0933 e. The van der Waals surface area contributed by atoms with Gasteiger partial charge in [-0.3, -0.25) is 0 Å². The van der Waals surface area contributed by atoms with E-state index in [2.05, 4.69) is 47.1 Å². The zero-order chi connectivity index (χ0) is 12.3. The van der Waals surface area contributed by atoms with Crippen LogP contribution in [0.3, 0.4) is 0 Å². The summed E-state index contributed by atoms with van der Waals surface area (Å²) < 4.78 is 1.00. The number of benzene rings is 1. The van der Waals surface area contributed by atoms with Crippen LogP contribution in [0.15, 0.2) is 40.2 Å². The third kappa shape index (κ3) is 3.18. The Labute approximate surface area is 114 Å². The fourth-order valence-corrected chi connectivity index (χ4v) is 3.39. The van der Waals surface area contributed by atoms with E-state index >= 15 is 0 Å². The van der Waals surface area contributed by atoms with Crippen molar-refractivity contribution in [3.8, 4) is 0 Å². The maximum Gasteiger partial charge on any atom is 0.0933 e. The molecule has 90 valence electrons. The van der Waals surface area contributed by atoms with Gasteiger partial charge < -0.3 is 5.11 Å². The van der Waals surface area contributed by atoms with E-state index in [0.29, 0.717) is 6.42 Å². The average molecular weight is 311 g/mol. The summed E-state index contributed by atoms with van der Waals surface area (Å²) in [6.45, 7) is 2.15. The molecule has 1 atom stereocenters. The molecule has 1 aromatic heterocycles. The Bertz CT molecular complexity index is 475. The third-order valence-electron chi connectivity index (χ3n) is 2.81. The van der Waals surface area contributed by atoms with Gasteiger partial charge in [0.05, 0.1) is 6.10 Å². The molecule has 0 fully saturated rings. The standard InChI is InChI=1S/C14H15BrOS/c1-2-10-3-5-11(6-4-10)9-13(16)14-12(15)7-8-17-14/h3-8,13,16H,2,9H2,1H3. The summed E-state index contributed by atoms with van der Waals surface area (Å²) in [6, 6.07) is 10.4. The fourth-order valence-electron chi connectivity index (χ4n) is 1.77. The zero-order valence-electron chi connectivity index (χ0n) is 9.69. The van der Waals surface area contributed by atoms with Crippen molar-refractivity contribution in [2.75, 3.05) is 0 Å². The number of halogens is 1. The highest BCUT2D eigenvalue weighted by Gasteiger charge is 2.13. The molecule has 0 bridgehead atoms. The van der Waals surface area contributed by atoms with Crippen molar-refractivity contribution in [1.82, 2.24) is 0 Å². The SMILES string of the molecule is CCc1ccc(CC(O)c2sccc2Br)cc1. The topological polar surface area (TPSA) is 20.2 Å². The first-order valence-electron chi connectivity index (χ1n) is 5.69. The van der Waals surface area contributed by atoms with Gasteiger partial charge in [0.15, 0.2) is 0 Å². The minimum absolute atomic E-state index is 0.420. The molecule has 1 unspecified atom stereocenters. The Morgan fingerprint density at radius 1 is 1.18 bits per heavy atom. The van der Waals surface area contributed by atoms with Gasteiger partial charge in [-0.2, -0.15) is 0 Å². The summed E-state index contributed by atoms with van der Waals surface area (Å²) in [5.41, 5.74) is 2.51. The molecule has 2 aromatic rings. The van der Waals surface area contributed by atoms with Crippen LogP contribution in [0.2, 0.25) is 0 Å². The number of aliphatic hydroxyl groups is 1. The van der Waals surface area contributed by atoms with Gasteiger partial charge in [0, 0.05) is 15.8 Å². The molecule has 1 heterocycles. The summed E-state index contributed by atoms with van der Waals surface area (Å²) in [4.78, 5) is 1.00. The van der Waals surface area contributed by atoms with Gasteiger partial charge in [-0.1, -0.05) is 31.2 Å². The van der Waals surface area contributed by atoms with Crippen LogP contribution < -0.4 is 0 Å².